The molecule has 0 unspecified atom stereocenters. The van der Waals surface area contributed by atoms with Crippen molar-refractivity contribution >= 4 is 30.1 Å². The van der Waals surface area contributed by atoms with Crippen LogP contribution in [0.25, 0.3) is 0 Å². The Kier molecular flexibility index (Phi) is 9.32. The lowest BCUT2D eigenvalue weighted by molar-refractivity contribution is 0.558. The zero-order valence-corrected chi connectivity index (χ0v) is 17.9. The number of rotatable bonds is 12. The summed E-state index contributed by atoms with van der Waals surface area (Å²) in [7, 11) is -13.7. The van der Waals surface area contributed by atoms with Crippen LogP contribution < -0.4 is 14.2 Å². The van der Waals surface area contributed by atoms with E-state index in [9.17, 15) is 25.3 Å². The molecule has 1 aromatic carbocycles. The second-order valence-corrected chi connectivity index (χ2v) is 10.7. The Morgan fingerprint density at radius 2 is 0.967 bits per heavy atom. The number of benzene rings is 1. The van der Waals surface area contributed by atoms with Crippen LogP contribution in [-0.4, -0.2) is 44.9 Å². The van der Waals surface area contributed by atoms with Crippen LogP contribution in [0.2, 0.25) is 0 Å². The van der Waals surface area contributed by atoms with Crippen LogP contribution >= 0.6 is 0 Å². The number of nitrogens with one attached hydrogen (secondary N) is 3. The average molecular weight is 475 g/mol. The summed E-state index contributed by atoms with van der Waals surface area (Å²) < 4.78 is 82.1. The second-order valence-electron chi connectivity index (χ2n) is 5.50. The van der Waals surface area contributed by atoms with Crippen LogP contribution in [0.1, 0.15) is 19.3 Å². The van der Waals surface area contributed by atoms with Gasteiger partial charge < -0.3 is 0 Å². The van der Waals surface area contributed by atoms with Gasteiger partial charge in [0.25, 0.3) is 0 Å². The number of hydrogen-bond acceptors (Lipinski definition) is 9. The first-order chi connectivity index (χ1) is 14.0. The van der Waals surface area contributed by atoms with Crippen molar-refractivity contribution in [1.29, 1.82) is 15.8 Å². The molecule has 0 radical (unpaired) electrons. The normalized spacial score (nSPS) is 11.9. The quantitative estimate of drug-likeness (QED) is 0.325. The molecule has 0 aliphatic rings. The zero-order chi connectivity index (χ0) is 22.8. The molecule has 0 fully saturated rings. The van der Waals surface area contributed by atoms with E-state index in [0.29, 0.717) is 0 Å². The first-order valence-corrected chi connectivity index (χ1v) is 12.7. The molecule has 0 amide bonds. The van der Waals surface area contributed by atoms with Crippen molar-refractivity contribution in [1.82, 2.24) is 14.2 Å². The Bertz CT molecular complexity index is 1140. The maximum Gasteiger partial charge on any atom is 0.243 e. The van der Waals surface area contributed by atoms with Crippen molar-refractivity contribution in [2.75, 3.05) is 19.6 Å². The van der Waals surface area contributed by atoms with Crippen LogP contribution in [0.15, 0.2) is 32.9 Å². The molecule has 0 saturated heterocycles. The predicted octanol–water partition coefficient (Wildman–Crippen LogP) is -0.737. The standard InChI is InChI=1S/C15H18N6O6S3/c16-7-2-10-19-28(22,23)13-5-1-6-14(29(24,25)20-11-3-8-17)15(13)30(26,27)21-12-4-9-18/h1,5-6,19-21H,2-4,10-12H2. The number of nitriles is 3. The van der Waals surface area contributed by atoms with Crippen molar-refractivity contribution in [3.05, 3.63) is 18.2 Å². The van der Waals surface area contributed by atoms with Gasteiger partial charge in [-0.05, 0) is 12.1 Å². The lowest BCUT2D eigenvalue weighted by Crippen LogP contribution is -2.33. The lowest BCUT2D eigenvalue weighted by atomic mass is 10.4. The average Bonchev–Trinajstić information content (AvgIpc) is 2.68. The molecule has 0 aliphatic carbocycles. The van der Waals surface area contributed by atoms with E-state index in [1.165, 1.54) is 0 Å². The molecule has 1 aromatic rings. The minimum absolute atomic E-state index is 0.199. The summed E-state index contributed by atoms with van der Waals surface area (Å²) >= 11 is 0. The van der Waals surface area contributed by atoms with Crippen molar-refractivity contribution in [3.63, 3.8) is 0 Å². The molecule has 0 heterocycles. The van der Waals surface area contributed by atoms with E-state index in [1.54, 1.807) is 18.2 Å². The minimum atomic E-state index is -4.69. The van der Waals surface area contributed by atoms with Gasteiger partial charge in [-0.2, -0.15) is 15.8 Å². The highest BCUT2D eigenvalue weighted by Gasteiger charge is 2.33. The fourth-order valence-corrected chi connectivity index (χ4v) is 6.97. The number of sulfonamides is 3. The molecule has 162 valence electrons. The highest BCUT2D eigenvalue weighted by atomic mass is 32.2. The van der Waals surface area contributed by atoms with Gasteiger partial charge in [-0.15, -0.1) is 0 Å². The van der Waals surface area contributed by atoms with Gasteiger partial charge in [0.05, 0.1) is 18.2 Å². The van der Waals surface area contributed by atoms with Gasteiger partial charge in [0.2, 0.25) is 30.1 Å². The summed E-state index contributed by atoms with van der Waals surface area (Å²) in [6.07, 6.45) is -0.637. The number of hydrogen-bond donors (Lipinski definition) is 3. The SMILES string of the molecule is N#CCCNS(=O)(=O)c1cccc(S(=O)(=O)NCCC#N)c1S(=O)(=O)NCCC#N. The summed E-state index contributed by atoms with van der Waals surface area (Å²) in [4.78, 5) is -2.71. The molecule has 0 aliphatic heterocycles. The highest BCUT2D eigenvalue weighted by molar-refractivity contribution is 7.94. The summed E-state index contributed by atoms with van der Waals surface area (Å²) in [5.41, 5.74) is 0. The molecule has 12 nitrogen and oxygen atoms in total. The summed E-state index contributed by atoms with van der Waals surface area (Å²) in [5, 5.41) is 25.7. The maximum absolute atomic E-state index is 12.8. The Morgan fingerprint density at radius 1 is 0.633 bits per heavy atom. The van der Waals surface area contributed by atoms with Gasteiger partial charge in [0, 0.05) is 38.9 Å². The summed E-state index contributed by atoms with van der Waals surface area (Å²) in [5.74, 6) is 0. The largest absolute Gasteiger partial charge is 0.243 e. The van der Waals surface area contributed by atoms with Gasteiger partial charge in [0.15, 0.2) is 0 Å². The van der Waals surface area contributed by atoms with Gasteiger partial charge >= 0.3 is 0 Å². The molecular formula is C15H18N6O6S3. The second kappa shape index (κ2) is 11.0. The van der Waals surface area contributed by atoms with E-state index in [4.69, 9.17) is 15.8 Å². The molecule has 15 heteroatoms. The molecular weight excluding hydrogens is 456 g/mol. The molecule has 3 N–H and O–H groups in total. The van der Waals surface area contributed by atoms with E-state index in [1.807, 2.05) is 14.2 Å². The molecule has 1 rings (SSSR count). The molecule has 0 spiro atoms. The third kappa shape index (κ3) is 6.74. The first kappa shape index (κ1) is 25.5. The van der Waals surface area contributed by atoms with Gasteiger partial charge in [-0.3, -0.25) is 0 Å². The van der Waals surface area contributed by atoms with E-state index in [2.05, 4.69) is 0 Å². The smallest absolute Gasteiger partial charge is 0.210 e. The third-order valence-corrected chi connectivity index (χ3v) is 8.20. The fourth-order valence-electron chi connectivity index (χ4n) is 2.14. The van der Waals surface area contributed by atoms with Crippen molar-refractivity contribution < 1.29 is 25.3 Å². The Labute approximate surface area is 175 Å². The molecule has 0 atom stereocenters. The summed E-state index contributed by atoms with van der Waals surface area (Å²) in [6, 6.07) is 7.99. The van der Waals surface area contributed by atoms with E-state index >= 15 is 0 Å². The van der Waals surface area contributed by atoms with E-state index < -0.39 is 44.8 Å². The zero-order valence-electron chi connectivity index (χ0n) is 15.5. The fraction of sp³-hybridized carbons (Fsp3) is 0.400. The van der Waals surface area contributed by atoms with E-state index in [0.717, 1.165) is 18.2 Å². The molecule has 0 bridgehead atoms. The van der Waals surface area contributed by atoms with Crippen molar-refractivity contribution in [3.8, 4) is 18.2 Å². The Balaban J connectivity index is 3.67. The van der Waals surface area contributed by atoms with Crippen LogP contribution in [0, 0.1) is 34.0 Å². The number of nitrogens with zero attached hydrogens (tertiary/aromatic N) is 3. The van der Waals surface area contributed by atoms with Gasteiger partial charge in [-0.1, -0.05) is 6.07 Å². The molecule has 0 aromatic heterocycles. The monoisotopic (exact) mass is 474 g/mol. The first-order valence-electron chi connectivity index (χ1n) is 8.26. The van der Waals surface area contributed by atoms with Crippen LogP contribution in [0.3, 0.4) is 0 Å². The van der Waals surface area contributed by atoms with Crippen molar-refractivity contribution in [2.45, 2.75) is 33.9 Å². The lowest BCUT2D eigenvalue weighted by Gasteiger charge is -2.16. The highest BCUT2D eigenvalue weighted by Crippen LogP contribution is 2.28. The van der Waals surface area contributed by atoms with Gasteiger partial charge in [-0.25, -0.2) is 39.4 Å². The van der Waals surface area contributed by atoms with Crippen molar-refractivity contribution in [2.24, 2.45) is 0 Å². The van der Waals surface area contributed by atoms with Crippen LogP contribution in [-0.2, 0) is 30.1 Å². The Hall–Kier alpha value is -2.58. The third-order valence-electron chi connectivity index (χ3n) is 3.38. The molecule has 0 saturated carbocycles. The maximum atomic E-state index is 12.8. The molecule has 30 heavy (non-hydrogen) atoms. The van der Waals surface area contributed by atoms with Gasteiger partial charge in [0.1, 0.15) is 14.7 Å². The minimum Gasteiger partial charge on any atom is -0.210 e. The topological polar surface area (TPSA) is 210 Å². The van der Waals surface area contributed by atoms with E-state index in [-0.39, 0.29) is 38.9 Å². The predicted molar refractivity (Wildman–Crippen MR) is 103 cm³/mol. The van der Waals surface area contributed by atoms with Crippen LogP contribution in [0.5, 0.6) is 0 Å². The van der Waals surface area contributed by atoms with Crippen LogP contribution in [0.4, 0.5) is 0 Å². The summed E-state index contributed by atoms with van der Waals surface area (Å²) in [6.45, 7) is -1.02. The Morgan fingerprint density at radius 3 is 1.30 bits per heavy atom.